The molecule has 0 amide bonds. The van der Waals surface area contributed by atoms with E-state index < -0.39 is 0 Å². The van der Waals surface area contributed by atoms with Crippen LogP contribution in [-0.2, 0) is 6.54 Å². The van der Waals surface area contributed by atoms with Gasteiger partial charge in [-0.15, -0.1) is 0 Å². The van der Waals surface area contributed by atoms with Crippen LogP contribution in [0.2, 0.25) is 10.0 Å². The number of phenols is 1. The first kappa shape index (κ1) is 18.5. The Bertz CT molecular complexity index is 816. The zero-order valence-corrected chi connectivity index (χ0v) is 15.7. The molecule has 2 aromatic rings. The molecule has 1 aromatic carbocycles. The van der Waals surface area contributed by atoms with Gasteiger partial charge < -0.3 is 10.0 Å². The van der Waals surface area contributed by atoms with E-state index in [1.54, 1.807) is 4.57 Å². The highest BCUT2D eigenvalue weighted by Crippen LogP contribution is 2.34. The summed E-state index contributed by atoms with van der Waals surface area (Å²) in [4.78, 5) is 21.7. The molecule has 0 unspecified atom stereocenters. The van der Waals surface area contributed by atoms with Gasteiger partial charge in [0.25, 0.3) is 5.56 Å². The largest absolute Gasteiger partial charge is 0.504 e. The molecule has 6 nitrogen and oxygen atoms in total. The average Bonchev–Trinajstić information content (AvgIpc) is 2.60. The van der Waals surface area contributed by atoms with Gasteiger partial charge in [-0.05, 0) is 19.0 Å². The van der Waals surface area contributed by atoms with Crippen molar-refractivity contribution in [1.82, 2.24) is 19.4 Å². The Hall–Kier alpha value is -1.34. The normalized spacial score (nSPS) is 16.6. The molecule has 0 radical (unpaired) electrons. The molecule has 1 aromatic heterocycles. The maximum atomic E-state index is 12.7. The third kappa shape index (κ3) is 3.92. The maximum absolute atomic E-state index is 12.7. The molecule has 0 aliphatic carbocycles. The average molecular weight is 385 g/mol. The van der Waals surface area contributed by atoms with E-state index in [2.05, 4.69) is 21.7 Å². The molecule has 2 heterocycles. The molecule has 1 aliphatic heterocycles. The number of nitrogens with zero attached hydrogens (tertiary/aromatic N) is 4. The summed E-state index contributed by atoms with van der Waals surface area (Å²) in [5.41, 5.74) is -0.112. The monoisotopic (exact) mass is 384 g/mol. The molecule has 136 valence electrons. The Kier molecular flexibility index (Phi) is 5.84. The Morgan fingerprint density at radius 3 is 2.36 bits per heavy atom. The Morgan fingerprint density at radius 1 is 1.08 bits per heavy atom. The number of hydrogen-bond donors (Lipinski definition) is 1. The van der Waals surface area contributed by atoms with Crippen LogP contribution in [0.25, 0.3) is 10.9 Å². The molecule has 0 bridgehead atoms. The van der Waals surface area contributed by atoms with Crippen molar-refractivity contribution < 1.29 is 5.11 Å². The third-order valence-electron chi connectivity index (χ3n) is 4.64. The number of phenolic OH excluding ortho intramolecular Hbond substituents is 1. The molecule has 1 N–H and O–H groups in total. The predicted molar refractivity (Wildman–Crippen MR) is 101 cm³/mol. The van der Waals surface area contributed by atoms with E-state index in [4.69, 9.17) is 23.2 Å². The van der Waals surface area contributed by atoms with Crippen molar-refractivity contribution >= 4 is 34.1 Å². The standard InChI is InChI=1S/C17H22Cl2N4O2/c1-2-3-21-4-6-22(7-5-21)8-9-23-11-20-15-14(17(23)25)12(18)10-13(19)16(15)24/h10-11,24H,2-9H2,1H3. The topological polar surface area (TPSA) is 61.6 Å². The Morgan fingerprint density at radius 2 is 1.72 bits per heavy atom. The number of rotatable bonds is 5. The van der Waals surface area contributed by atoms with Crippen molar-refractivity contribution in [3.05, 3.63) is 32.8 Å². The summed E-state index contributed by atoms with van der Waals surface area (Å²) >= 11 is 12.0. The summed E-state index contributed by atoms with van der Waals surface area (Å²) in [5.74, 6) is -0.211. The second kappa shape index (κ2) is 7.91. The first-order valence-electron chi connectivity index (χ1n) is 8.52. The lowest BCUT2D eigenvalue weighted by Gasteiger charge is -2.34. The number of benzene rings is 1. The van der Waals surface area contributed by atoms with Crippen LogP contribution in [0.4, 0.5) is 0 Å². The molecule has 0 saturated carbocycles. The van der Waals surface area contributed by atoms with E-state index in [1.807, 2.05) is 0 Å². The lowest BCUT2D eigenvalue weighted by atomic mass is 10.2. The van der Waals surface area contributed by atoms with Gasteiger partial charge in [0.05, 0.1) is 21.8 Å². The minimum atomic E-state index is -0.258. The zero-order chi connectivity index (χ0) is 18.0. The lowest BCUT2D eigenvalue weighted by Crippen LogP contribution is -2.47. The Labute approximate surface area is 156 Å². The third-order valence-corrected chi connectivity index (χ3v) is 5.23. The van der Waals surface area contributed by atoms with Crippen molar-refractivity contribution in [1.29, 1.82) is 0 Å². The number of piperazine rings is 1. The fraction of sp³-hybridized carbons (Fsp3) is 0.529. The quantitative estimate of drug-likeness (QED) is 0.857. The van der Waals surface area contributed by atoms with Crippen molar-refractivity contribution in [2.75, 3.05) is 39.3 Å². The van der Waals surface area contributed by atoms with Crippen LogP contribution >= 0.6 is 23.2 Å². The van der Waals surface area contributed by atoms with E-state index >= 15 is 0 Å². The van der Waals surface area contributed by atoms with Gasteiger partial charge in [-0.1, -0.05) is 30.1 Å². The number of halogens is 2. The van der Waals surface area contributed by atoms with Gasteiger partial charge in [0.1, 0.15) is 5.52 Å². The first-order chi connectivity index (χ1) is 12.0. The summed E-state index contributed by atoms with van der Waals surface area (Å²) in [6.07, 6.45) is 2.63. The van der Waals surface area contributed by atoms with Crippen LogP contribution in [-0.4, -0.2) is 63.7 Å². The maximum Gasteiger partial charge on any atom is 0.262 e. The summed E-state index contributed by atoms with van der Waals surface area (Å²) in [6.45, 7) is 8.81. The second-order valence-electron chi connectivity index (χ2n) is 6.34. The zero-order valence-electron chi connectivity index (χ0n) is 14.2. The minimum absolute atomic E-state index is 0.0899. The predicted octanol–water partition coefficient (Wildman–Crippen LogP) is 2.44. The fourth-order valence-electron chi connectivity index (χ4n) is 3.21. The summed E-state index contributed by atoms with van der Waals surface area (Å²) in [6, 6.07) is 1.38. The molecule has 0 atom stereocenters. The Balaban J connectivity index is 1.73. The van der Waals surface area contributed by atoms with Gasteiger partial charge in [-0.3, -0.25) is 14.3 Å². The molecule has 1 aliphatic rings. The van der Waals surface area contributed by atoms with Crippen LogP contribution in [0.3, 0.4) is 0 Å². The summed E-state index contributed by atoms with van der Waals surface area (Å²) < 4.78 is 1.54. The molecule has 1 fully saturated rings. The van der Waals surface area contributed by atoms with E-state index in [-0.39, 0.29) is 32.3 Å². The number of aromatic hydroxyl groups is 1. The highest BCUT2D eigenvalue weighted by Gasteiger charge is 2.18. The van der Waals surface area contributed by atoms with Crippen LogP contribution in [0.15, 0.2) is 17.2 Å². The lowest BCUT2D eigenvalue weighted by molar-refractivity contribution is 0.129. The summed E-state index contributed by atoms with van der Waals surface area (Å²) in [5, 5.41) is 10.5. The van der Waals surface area contributed by atoms with Crippen LogP contribution in [0, 0.1) is 0 Å². The molecule has 3 rings (SSSR count). The van der Waals surface area contributed by atoms with Gasteiger partial charge in [0, 0.05) is 39.3 Å². The number of hydrogen-bond acceptors (Lipinski definition) is 5. The minimum Gasteiger partial charge on any atom is -0.504 e. The van der Waals surface area contributed by atoms with Gasteiger partial charge in [-0.25, -0.2) is 4.98 Å². The number of fused-ring (bicyclic) bond motifs is 1. The van der Waals surface area contributed by atoms with Crippen LogP contribution in [0.5, 0.6) is 5.75 Å². The number of aromatic nitrogens is 2. The van der Waals surface area contributed by atoms with Gasteiger partial charge in [0.2, 0.25) is 0 Å². The molecular weight excluding hydrogens is 363 g/mol. The van der Waals surface area contributed by atoms with Crippen molar-refractivity contribution in [3.8, 4) is 5.75 Å². The summed E-state index contributed by atoms with van der Waals surface area (Å²) in [7, 11) is 0. The van der Waals surface area contributed by atoms with Gasteiger partial charge in [0.15, 0.2) is 5.75 Å². The van der Waals surface area contributed by atoms with E-state index in [0.29, 0.717) is 6.54 Å². The van der Waals surface area contributed by atoms with E-state index in [1.165, 1.54) is 18.8 Å². The first-order valence-corrected chi connectivity index (χ1v) is 9.27. The van der Waals surface area contributed by atoms with Crippen molar-refractivity contribution in [2.45, 2.75) is 19.9 Å². The molecule has 25 heavy (non-hydrogen) atoms. The molecular formula is C17H22Cl2N4O2. The fourth-order valence-corrected chi connectivity index (χ4v) is 3.74. The van der Waals surface area contributed by atoms with Crippen molar-refractivity contribution in [3.63, 3.8) is 0 Å². The highest BCUT2D eigenvalue weighted by atomic mass is 35.5. The van der Waals surface area contributed by atoms with E-state index in [9.17, 15) is 9.90 Å². The van der Waals surface area contributed by atoms with Crippen molar-refractivity contribution in [2.24, 2.45) is 0 Å². The smallest absolute Gasteiger partial charge is 0.262 e. The SMILES string of the molecule is CCCN1CCN(CCn2cnc3c(O)c(Cl)cc(Cl)c3c2=O)CC1. The van der Waals surface area contributed by atoms with Crippen LogP contribution < -0.4 is 5.56 Å². The molecule has 1 saturated heterocycles. The highest BCUT2D eigenvalue weighted by molar-refractivity contribution is 6.39. The molecule has 8 heteroatoms. The van der Waals surface area contributed by atoms with Crippen LogP contribution in [0.1, 0.15) is 13.3 Å². The van der Waals surface area contributed by atoms with E-state index in [0.717, 1.165) is 39.3 Å². The van der Waals surface area contributed by atoms with Gasteiger partial charge >= 0.3 is 0 Å². The molecule has 0 spiro atoms. The van der Waals surface area contributed by atoms with Gasteiger partial charge in [-0.2, -0.15) is 0 Å². The second-order valence-corrected chi connectivity index (χ2v) is 7.15.